The van der Waals surface area contributed by atoms with Crippen LogP contribution in [0.3, 0.4) is 0 Å². The Hall–Kier alpha value is -1.28. The predicted molar refractivity (Wildman–Crippen MR) is 41.9 cm³/mol. The number of ether oxygens (including phenoxy) is 1. The van der Waals surface area contributed by atoms with Crippen LogP contribution in [-0.4, -0.2) is 30.7 Å². The minimum Gasteiger partial charge on any atom is -0.465 e. The van der Waals surface area contributed by atoms with Gasteiger partial charge in [-0.15, -0.1) is 0 Å². The van der Waals surface area contributed by atoms with Crippen LogP contribution in [0.1, 0.15) is 13.8 Å². The van der Waals surface area contributed by atoms with E-state index in [1.54, 1.807) is 0 Å². The molecule has 0 N–H and O–H groups in total. The van der Waals surface area contributed by atoms with Crippen molar-refractivity contribution in [2.75, 3.05) is 6.61 Å². The van der Waals surface area contributed by atoms with Gasteiger partial charge in [0, 0.05) is 0 Å². The molecule has 0 aliphatic carbocycles. The molecule has 0 spiro atoms. The van der Waals surface area contributed by atoms with Crippen LogP contribution in [0.15, 0.2) is 0 Å². The van der Waals surface area contributed by atoms with Crippen LogP contribution in [0, 0.1) is 5.41 Å². The van der Waals surface area contributed by atoms with Gasteiger partial charge in [0.15, 0.2) is 5.78 Å². The Morgan fingerprint density at radius 1 is 1.00 bits per heavy atom. The summed E-state index contributed by atoms with van der Waals surface area (Å²) in [5, 5.41) is 0. The molecule has 0 aliphatic heterocycles. The number of Topliss-reactive ketones (excluding diaryl/α,β-unsaturated/α-hetero) is 1. The summed E-state index contributed by atoms with van der Waals surface area (Å²) in [6.07, 6.45) is -12.2. The fourth-order valence-electron chi connectivity index (χ4n) is 1.17. The van der Waals surface area contributed by atoms with Gasteiger partial charge < -0.3 is 4.74 Å². The second-order valence-corrected chi connectivity index (χ2v) is 3.02. The molecule has 0 rings (SSSR count). The van der Waals surface area contributed by atoms with E-state index in [-0.39, 0.29) is 6.92 Å². The molecular weight excluding hydrogens is 258 g/mol. The first-order valence-corrected chi connectivity index (χ1v) is 4.24. The molecule has 0 atom stereocenters. The molecule has 0 aromatic carbocycles. The lowest BCUT2D eigenvalue weighted by molar-refractivity contribution is -0.317. The largest absolute Gasteiger partial charge is 0.465 e. The summed E-state index contributed by atoms with van der Waals surface area (Å²) >= 11 is 0. The zero-order valence-electron chi connectivity index (χ0n) is 8.70. The van der Waals surface area contributed by atoms with Gasteiger partial charge in [-0.25, -0.2) is 0 Å². The fraction of sp³-hybridized carbons (Fsp3) is 0.750. The van der Waals surface area contributed by atoms with Crippen LogP contribution in [0.4, 0.5) is 26.3 Å². The lowest BCUT2D eigenvalue weighted by Gasteiger charge is -2.32. The van der Waals surface area contributed by atoms with E-state index < -0.39 is 36.1 Å². The summed E-state index contributed by atoms with van der Waals surface area (Å²) in [4.78, 5) is 21.7. The molecule has 0 heterocycles. The van der Waals surface area contributed by atoms with Crippen molar-refractivity contribution in [3.8, 4) is 0 Å². The molecule has 0 aromatic heterocycles. The van der Waals surface area contributed by atoms with E-state index in [1.165, 1.54) is 0 Å². The number of esters is 1. The Kier molecular flexibility index (Phi) is 4.19. The molecule has 0 aromatic rings. The first-order chi connectivity index (χ1) is 7.42. The van der Waals surface area contributed by atoms with E-state index in [4.69, 9.17) is 0 Å². The SMILES string of the molecule is CCOC(=O)C(C(C)=O)(C(F)(F)F)C(F)(F)F. The maximum atomic E-state index is 12.5. The monoisotopic (exact) mass is 266 g/mol. The molecule has 0 amide bonds. The van der Waals surface area contributed by atoms with Crippen LogP contribution in [0.25, 0.3) is 0 Å². The van der Waals surface area contributed by atoms with Crippen molar-refractivity contribution in [3.63, 3.8) is 0 Å². The summed E-state index contributed by atoms with van der Waals surface area (Å²) in [5.41, 5.74) is -5.12. The highest BCUT2D eigenvalue weighted by Crippen LogP contribution is 2.51. The van der Waals surface area contributed by atoms with Crippen molar-refractivity contribution in [2.45, 2.75) is 26.2 Å². The highest BCUT2D eigenvalue weighted by molar-refractivity contribution is 6.04. The summed E-state index contributed by atoms with van der Waals surface area (Å²) in [6, 6.07) is 0. The van der Waals surface area contributed by atoms with Gasteiger partial charge in [0.25, 0.3) is 0 Å². The molecule has 0 unspecified atom stereocenters. The average molecular weight is 266 g/mol. The number of alkyl halides is 6. The molecule has 17 heavy (non-hydrogen) atoms. The third-order valence-corrected chi connectivity index (χ3v) is 1.96. The second kappa shape index (κ2) is 4.53. The van der Waals surface area contributed by atoms with Gasteiger partial charge in [0.1, 0.15) is 0 Å². The first-order valence-electron chi connectivity index (χ1n) is 4.24. The quantitative estimate of drug-likeness (QED) is 0.447. The van der Waals surface area contributed by atoms with Crippen molar-refractivity contribution < 1.29 is 40.7 Å². The Balaban J connectivity index is 5.96. The number of hydrogen-bond donors (Lipinski definition) is 0. The van der Waals surface area contributed by atoms with Gasteiger partial charge in [0.05, 0.1) is 6.61 Å². The molecule has 0 bridgehead atoms. The zero-order chi connectivity index (χ0) is 14.1. The van der Waals surface area contributed by atoms with Gasteiger partial charge in [-0.1, -0.05) is 0 Å². The van der Waals surface area contributed by atoms with E-state index in [0.29, 0.717) is 0 Å². The Bertz CT molecular complexity index is 302. The van der Waals surface area contributed by atoms with Crippen molar-refractivity contribution in [1.82, 2.24) is 0 Å². The Labute approximate surface area is 91.7 Å². The minimum absolute atomic E-state index is 0.0396. The van der Waals surface area contributed by atoms with Crippen LogP contribution in [-0.2, 0) is 14.3 Å². The molecule has 100 valence electrons. The van der Waals surface area contributed by atoms with E-state index in [9.17, 15) is 35.9 Å². The topological polar surface area (TPSA) is 43.4 Å². The normalized spacial score (nSPS) is 13.4. The third-order valence-electron chi connectivity index (χ3n) is 1.96. The molecule has 3 nitrogen and oxygen atoms in total. The summed E-state index contributed by atoms with van der Waals surface area (Å²) < 4.78 is 78.4. The lowest BCUT2D eigenvalue weighted by atomic mass is 9.82. The van der Waals surface area contributed by atoms with E-state index in [2.05, 4.69) is 4.74 Å². The minimum atomic E-state index is -6.11. The molecular formula is C8H8F6O3. The number of rotatable bonds is 3. The third kappa shape index (κ3) is 2.37. The Morgan fingerprint density at radius 2 is 1.35 bits per heavy atom. The van der Waals surface area contributed by atoms with Gasteiger partial charge in [-0.05, 0) is 13.8 Å². The predicted octanol–water partition coefficient (Wildman–Crippen LogP) is 2.25. The maximum absolute atomic E-state index is 12.5. The van der Waals surface area contributed by atoms with E-state index >= 15 is 0 Å². The summed E-state index contributed by atoms with van der Waals surface area (Å²) in [7, 11) is 0. The number of halogens is 6. The Morgan fingerprint density at radius 3 is 1.53 bits per heavy atom. The van der Waals surface area contributed by atoms with Crippen LogP contribution in [0.2, 0.25) is 0 Å². The van der Waals surface area contributed by atoms with Crippen LogP contribution < -0.4 is 0 Å². The van der Waals surface area contributed by atoms with Crippen LogP contribution >= 0.6 is 0 Å². The van der Waals surface area contributed by atoms with Crippen molar-refractivity contribution in [3.05, 3.63) is 0 Å². The molecule has 0 saturated carbocycles. The molecule has 9 heteroatoms. The number of carbonyl (C=O) groups is 2. The zero-order valence-corrected chi connectivity index (χ0v) is 8.70. The molecule has 0 fully saturated rings. The molecule has 0 radical (unpaired) electrons. The molecule has 0 aliphatic rings. The number of hydrogen-bond acceptors (Lipinski definition) is 3. The highest BCUT2D eigenvalue weighted by atomic mass is 19.4. The van der Waals surface area contributed by atoms with Gasteiger partial charge >= 0.3 is 23.7 Å². The van der Waals surface area contributed by atoms with Crippen molar-refractivity contribution in [1.29, 1.82) is 0 Å². The summed E-state index contributed by atoms with van der Waals surface area (Å²) in [5.74, 6) is -5.04. The van der Waals surface area contributed by atoms with Gasteiger partial charge in [-0.2, -0.15) is 26.3 Å². The average Bonchev–Trinajstić information content (AvgIpc) is 1.97. The van der Waals surface area contributed by atoms with Gasteiger partial charge in [-0.3, -0.25) is 9.59 Å². The maximum Gasteiger partial charge on any atom is 0.420 e. The molecule has 0 saturated heterocycles. The smallest absolute Gasteiger partial charge is 0.420 e. The fourth-order valence-corrected chi connectivity index (χ4v) is 1.17. The highest BCUT2D eigenvalue weighted by Gasteiger charge is 2.79. The standard InChI is InChI=1S/C8H8F6O3/c1-3-17-5(16)6(4(2)15,7(9,10)11)8(12,13)14/h3H2,1-2H3. The van der Waals surface area contributed by atoms with Crippen LogP contribution in [0.5, 0.6) is 0 Å². The van der Waals surface area contributed by atoms with Crippen molar-refractivity contribution in [2.24, 2.45) is 5.41 Å². The lowest BCUT2D eigenvalue weighted by Crippen LogP contribution is -2.60. The van der Waals surface area contributed by atoms with Crippen molar-refractivity contribution >= 4 is 11.8 Å². The second-order valence-electron chi connectivity index (χ2n) is 3.02. The summed E-state index contributed by atoms with van der Waals surface area (Å²) in [6.45, 7) is 0.355. The van der Waals surface area contributed by atoms with E-state index in [1.807, 2.05) is 0 Å². The van der Waals surface area contributed by atoms with Gasteiger partial charge in [0.2, 0.25) is 0 Å². The van der Waals surface area contributed by atoms with E-state index in [0.717, 1.165) is 6.92 Å². The number of carbonyl (C=O) groups excluding carboxylic acids is 2. The number of ketones is 1. The first kappa shape index (κ1) is 15.7.